The van der Waals surface area contributed by atoms with Gasteiger partial charge in [-0.2, -0.15) is 0 Å². The fraction of sp³-hybridized carbons (Fsp3) is 0.250. The van der Waals surface area contributed by atoms with Crippen LogP contribution < -0.4 is 14.2 Å². The maximum Gasteiger partial charge on any atom is 0.231 e. The number of nitrogens with zero attached hydrogens (tertiary/aromatic N) is 1. The van der Waals surface area contributed by atoms with E-state index in [2.05, 4.69) is 11.5 Å². The van der Waals surface area contributed by atoms with Gasteiger partial charge in [0.2, 0.25) is 5.78 Å². The number of hydrogen-bond acceptors (Lipinski definition) is 5. The van der Waals surface area contributed by atoms with Gasteiger partial charge in [-0.15, -0.1) is 0 Å². The Bertz CT molecular complexity index is 1200. The number of ether oxygens (including phenoxy) is 3. The number of ketones is 2. The number of Topliss-reactive ketones (excluding diaryl/α,β-unsaturated/α-hetero) is 2. The molecule has 2 heterocycles. The molecule has 4 rings (SSSR count). The van der Waals surface area contributed by atoms with Crippen molar-refractivity contribution in [2.45, 2.75) is 27.3 Å². The van der Waals surface area contributed by atoms with E-state index in [0.29, 0.717) is 22.6 Å². The van der Waals surface area contributed by atoms with Crippen molar-refractivity contribution >= 4 is 28.5 Å². The standard InChI is InChI=1S/C24H23NO5/c1-5-25-12-16(19-11-17(28-4)6-8-20(19)25)10-22-23(27)18-7-9-21(29-13-14(2)26)15(3)24(18)30-22/h6-12H,5,13H2,1-4H3/b22-10+. The molecular weight excluding hydrogens is 382 g/mol. The number of hydrogen-bond donors (Lipinski definition) is 0. The van der Waals surface area contributed by atoms with Crippen LogP contribution >= 0.6 is 0 Å². The zero-order valence-electron chi connectivity index (χ0n) is 17.4. The van der Waals surface area contributed by atoms with Gasteiger partial charge >= 0.3 is 0 Å². The molecule has 0 bridgehead atoms. The summed E-state index contributed by atoms with van der Waals surface area (Å²) in [5, 5.41) is 0.984. The first-order valence-corrected chi connectivity index (χ1v) is 9.80. The summed E-state index contributed by atoms with van der Waals surface area (Å²) < 4.78 is 19.0. The van der Waals surface area contributed by atoms with E-state index in [4.69, 9.17) is 14.2 Å². The smallest absolute Gasteiger partial charge is 0.231 e. The fourth-order valence-electron chi connectivity index (χ4n) is 3.65. The zero-order chi connectivity index (χ0) is 21.4. The lowest BCUT2D eigenvalue weighted by molar-refractivity contribution is -0.118. The molecule has 154 valence electrons. The molecule has 1 aliphatic rings. The molecule has 0 spiro atoms. The Balaban J connectivity index is 1.74. The molecular formula is C24H23NO5. The van der Waals surface area contributed by atoms with Crippen LogP contribution in [0.1, 0.15) is 35.3 Å². The number of rotatable bonds is 6. The van der Waals surface area contributed by atoms with Crippen LogP contribution in [0.15, 0.2) is 42.3 Å². The van der Waals surface area contributed by atoms with E-state index in [1.165, 1.54) is 6.92 Å². The van der Waals surface area contributed by atoms with Crippen molar-refractivity contribution in [3.05, 3.63) is 59.0 Å². The molecule has 0 atom stereocenters. The summed E-state index contributed by atoms with van der Waals surface area (Å²) >= 11 is 0. The second-order valence-electron chi connectivity index (χ2n) is 7.25. The Labute approximate surface area is 174 Å². The average Bonchev–Trinajstić information content (AvgIpc) is 3.25. The van der Waals surface area contributed by atoms with Crippen LogP contribution in [0.25, 0.3) is 17.0 Å². The molecule has 0 radical (unpaired) electrons. The highest BCUT2D eigenvalue weighted by Crippen LogP contribution is 2.40. The normalized spacial score (nSPS) is 14.1. The highest BCUT2D eigenvalue weighted by molar-refractivity contribution is 6.15. The molecule has 0 unspecified atom stereocenters. The molecule has 0 N–H and O–H groups in total. The third-order valence-corrected chi connectivity index (χ3v) is 5.21. The van der Waals surface area contributed by atoms with E-state index in [9.17, 15) is 9.59 Å². The second kappa shape index (κ2) is 7.71. The van der Waals surface area contributed by atoms with Crippen molar-refractivity contribution < 1.29 is 23.8 Å². The van der Waals surface area contributed by atoms with Gasteiger partial charge in [-0.3, -0.25) is 9.59 Å². The molecule has 2 aromatic carbocycles. The van der Waals surface area contributed by atoms with E-state index < -0.39 is 0 Å². The van der Waals surface area contributed by atoms with E-state index in [1.807, 2.05) is 31.3 Å². The minimum Gasteiger partial charge on any atom is -0.497 e. The molecule has 1 aromatic heterocycles. The minimum absolute atomic E-state index is 0.0192. The Kier molecular flexibility index (Phi) is 5.08. The van der Waals surface area contributed by atoms with Crippen molar-refractivity contribution in [1.29, 1.82) is 0 Å². The maximum absolute atomic E-state index is 12.9. The average molecular weight is 405 g/mol. The van der Waals surface area contributed by atoms with Crippen LogP contribution in [0.5, 0.6) is 17.2 Å². The topological polar surface area (TPSA) is 66.8 Å². The van der Waals surface area contributed by atoms with E-state index >= 15 is 0 Å². The van der Waals surface area contributed by atoms with Crippen LogP contribution in [-0.4, -0.2) is 29.9 Å². The number of carbonyl (C=O) groups excluding carboxylic acids is 2. The van der Waals surface area contributed by atoms with Crippen LogP contribution in [0.3, 0.4) is 0 Å². The fourth-order valence-corrected chi connectivity index (χ4v) is 3.65. The summed E-state index contributed by atoms with van der Waals surface area (Å²) in [5.74, 6) is 1.77. The number of benzene rings is 2. The maximum atomic E-state index is 12.9. The van der Waals surface area contributed by atoms with Gasteiger partial charge in [-0.25, -0.2) is 0 Å². The molecule has 0 fully saturated rings. The van der Waals surface area contributed by atoms with Crippen molar-refractivity contribution in [2.24, 2.45) is 0 Å². The summed E-state index contributed by atoms with van der Waals surface area (Å²) in [6, 6.07) is 9.27. The van der Waals surface area contributed by atoms with Gasteiger partial charge in [0.05, 0.1) is 12.7 Å². The van der Waals surface area contributed by atoms with Crippen LogP contribution in [-0.2, 0) is 11.3 Å². The van der Waals surface area contributed by atoms with Gasteiger partial charge in [-0.05, 0) is 57.2 Å². The molecule has 3 aromatic rings. The highest BCUT2D eigenvalue weighted by Gasteiger charge is 2.30. The van der Waals surface area contributed by atoms with Crippen LogP contribution in [0.2, 0.25) is 0 Å². The lowest BCUT2D eigenvalue weighted by Gasteiger charge is -2.10. The first kappa shape index (κ1) is 19.8. The first-order valence-electron chi connectivity index (χ1n) is 9.80. The molecule has 0 saturated heterocycles. The Morgan fingerprint density at radius 1 is 1.23 bits per heavy atom. The second-order valence-corrected chi connectivity index (χ2v) is 7.25. The predicted molar refractivity (Wildman–Crippen MR) is 114 cm³/mol. The molecule has 30 heavy (non-hydrogen) atoms. The Morgan fingerprint density at radius 3 is 2.73 bits per heavy atom. The molecule has 0 aliphatic carbocycles. The van der Waals surface area contributed by atoms with E-state index in [0.717, 1.165) is 28.8 Å². The summed E-state index contributed by atoms with van der Waals surface area (Å²) in [6.45, 7) is 6.13. The van der Waals surface area contributed by atoms with Gasteiger partial charge in [-0.1, -0.05) is 0 Å². The van der Waals surface area contributed by atoms with E-state index in [-0.39, 0.29) is 23.9 Å². The number of methoxy groups -OCH3 is 1. The minimum atomic E-state index is -0.175. The number of aryl methyl sites for hydroxylation is 1. The first-order chi connectivity index (χ1) is 14.4. The van der Waals surface area contributed by atoms with Crippen molar-refractivity contribution in [3.63, 3.8) is 0 Å². The summed E-state index contributed by atoms with van der Waals surface area (Å²) in [6.07, 6.45) is 3.77. The lowest BCUT2D eigenvalue weighted by Crippen LogP contribution is -2.07. The summed E-state index contributed by atoms with van der Waals surface area (Å²) in [5.41, 5.74) is 3.13. The van der Waals surface area contributed by atoms with Gasteiger partial charge in [0.25, 0.3) is 0 Å². The number of fused-ring (bicyclic) bond motifs is 2. The Morgan fingerprint density at radius 2 is 2.03 bits per heavy atom. The van der Waals surface area contributed by atoms with Gasteiger partial charge < -0.3 is 18.8 Å². The molecule has 6 heteroatoms. The summed E-state index contributed by atoms with van der Waals surface area (Å²) in [4.78, 5) is 24.2. The van der Waals surface area contributed by atoms with Crippen molar-refractivity contribution in [3.8, 4) is 17.2 Å². The highest BCUT2D eigenvalue weighted by atomic mass is 16.5. The third kappa shape index (κ3) is 3.34. The number of carbonyl (C=O) groups is 2. The largest absolute Gasteiger partial charge is 0.497 e. The van der Waals surface area contributed by atoms with Gasteiger partial charge in [0, 0.05) is 34.8 Å². The SMILES string of the molecule is CCn1cc(/C=C2/Oc3c(ccc(OCC(C)=O)c3C)C2=O)c2cc(OC)ccc21. The monoisotopic (exact) mass is 405 g/mol. The number of allylic oxidation sites excluding steroid dienone is 1. The lowest BCUT2D eigenvalue weighted by atomic mass is 10.1. The Hall–Kier alpha value is -3.54. The van der Waals surface area contributed by atoms with Gasteiger partial charge in [0.15, 0.2) is 11.5 Å². The molecule has 1 aliphatic heterocycles. The molecule has 6 nitrogen and oxygen atoms in total. The van der Waals surface area contributed by atoms with Crippen molar-refractivity contribution in [2.75, 3.05) is 13.7 Å². The van der Waals surface area contributed by atoms with Crippen LogP contribution in [0, 0.1) is 6.92 Å². The van der Waals surface area contributed by atoms with Gasteiger partial charge in [0.1, 0.15) is 23.9 Å². The predicted octanol–water partition coefficient (Wildman–Crippen LogP) is 4.56. The van der Waals surface area contributed by atoms with Crippen molar-refractivity contribution in [1.82, 2.24) is 4.57 Å². The quantitative estimate of drug-likeness (QED) is 0.563. The van der Waals surface area contributed by atoms with Crippen LogP contribution in [0.4, 0.5) is 0 Å². The summed E-state index contributed by atoms with van der Waals surface area (Å²) in [7, 11) is 1.63. The molecule has 0 saturated carbocycles. The van der Waals surface area contributed by atoms with E-state index in [1.54, 1.807) is 25.3 Å². The molecule has 0 amide bonds. The third-order valence-electron chi connectivity index (χ3n) is 5.21. The number of aromatic nitrogens is 1. The zero-order valence-corrected chi connectivity index (χ0v) is 17.4.